The van der Waals surface area contributed by atoms with Crippen molar-refractivity contribution in [3.05, 3.63) is 70.8 Å². The zero-order valence-corrected chi connectivity index (χ0v) is 12.6. The van der Waals surface area contributed by atoms with Gasteiger partial charge in [0.05, 0.1) is 0 Å². The highest BCUT2D eigenvalue weighted by molar-refractivity contribution is 5.23. The van der Waals surface area contributed by atoms with Crippen molar-refractivity contribution in [3.63, 3.8) is 0 Å². The van der Waals surface area contributed by atoms with E-state index in [9.17, 15) is 0 Å². The fourth-order valence-corrected chi connectivity index (χ4v) is 1.33. The van der Waals surface area contributed by atoms with Gasteiger partial charge in [0.2, 0.25) is 0 Å². The maximum absolute atomic E-state index is 2.12. The maximum Gasteiger partial charge on any atom is -0.0395 e. The van der Waals surface area contributed by atoms with Gasteiger partial charge in [0.25, 0.3) is 0 Å². The molecule has 98 valence electrons. The molecule has 0 aliphatic rings. The van der Waals surface area contributed by atoms with Crippen molar-refractivity contribution >= 4 is 0 Å². The van der Waals surface area contributed by atoms with Crippen molar-refractivity contribution in [3.8, 4) is 0 Å². The number of rotatable bonds is 0. The highest BCUT2D eigenvalue weighted by Crippen LogP contribution is 2.03. The quantitative estimate of drug-likeness (QED) is 0.561. The van der Waals surface area contributed by atoms with Crippen LogP contribution < -0.4 is 0 Å². The molecule has 0 unspecified atom stereocenters. The average molecular weight is 242 g/mol. The van der Waals surface area contributed by atoms with Crippen LogP contribution >= 0.6 is 0 Å². The smallest absolute Gasteiger partial charge is 0.0395 e. The summed E-state index contributed by atoms with van der Waals surface area (Å²) in [5.74, 6) is 0. The maximum atomic E-state index is 2.12. The Hall–Kier alpha value is -1.56. The second-order valence-electron chi connectivity index (χ2n) is 4.17. The SMILES string of the molecule is CC.Cc1ccccc1C.Cc1ccccc1C. The fraction of sp³-hybridized carbons (Fsp3) is 0.333. The standard InChI is InChI=1S/2C8H10.C2H6/c2*1-7-5-3-4-6-8(7)2;1-2/h2*3-6H,1-2H3;1-2H3. The lowest BCUT2D eigenvalue weighted by atomic mass is 10.1. The molecule has 0 heterocycles. The molecule has 0 N–H and O–H groups in total. The molecule has 2 aromatic rings. The minimum absolute atomic E-state index is 1.37. The van der Waals surface area contributed by atoms with Gasteiger partial charge in [-0.15, -0.1) is 0 Å². The highest BCUT2D eigenvalue weighted by Gasteiger charge is 1.84. The van der Waals surface area contributed by atoms with Crippen LogP contribution in [-0.2, 0) is 0 Å². The van der Waals surface area contributed by atoms with Gasteiger partial charge in [0, 0.05) is 0 Å². The van der Waals surface area contributed by atoms with E-state index in [2.05, 4.69) is 76.2 Å². The molecule has 0 amide bonds. The van der Waals surface area contributed by atoms with E-state index in [4.69, 9.17) is 0 Å². The molecule has 0 bridgehead atoms. The fourth-order valence-electron chi connectivity index (χ4n) is 1.33. The van der Waals surface area contributed by atoms with Gasteiger partial charge >= 0.3 is 0 Å². The lowest BCUT2D eigenvalue weighted by molar-refractivity contribution is 1.34. The van der Waals surface area contributed by atoms with Gasteiger partial charge in [-0.3, -0.25) is 0 Å². The second-order valence-corrected chi connectivity index (χ2v) is 4.17. The predicted molar refractivity (Wildman–Crippen MR) is 83.2 cm³/mol. The van der Waals surface area contributed by atoms with E-state index in [0.29, 0.717) is 0 Å². The predicted octanol–water partition coefficient (Wildman–Crippen LogP) is 5.63. The third-order valence-electron chi connectivity index (χ3n) is 2.85. The minimum Gasteiger partial charge on any atom is -0.0683 e. The molecule has 18 heavy (non-hydrogen) atoms. The first-order chi connectivity index (χ1) is 8.61. The Morgan fingerprint density at radius 2 is 0.611 bits per heavy atom. The second kappa shape index (κ2) is 9.47. The normalized spacial score (nSPS) is 8.56. The van der Waals surface area contributed by atoms with E-state index in [-0.39, 0.29) is 0 Å². The summed E-state index contributed by atoms with van der Waals surface area (Å²) in [6.45, 7) is 12.5. The van der Waals surface area contributed by atoms with E-state index < -0.39 is 0 Å². The van der Waals surface area contributed by atoms with Gasteiger partial charge in [-0.2, -0.15) is 0 Å². The third-order valence-corrected chi connectivity index (χ3v) is 2.85. The van der Waals surface area contributed by atoms with Crippen LogP contribution in [0.1, 0.15) is 36.1 Å². The molecule has 2 aromatic carbocycles. The monoisotopic (exact) mass is 242 g/mol. The molecule has 0 aliphatic heterocycles. The van der Waals surface area contributed by atoms with Gasteiger partial charge < -0.3 is 0 Å². The van der Waals surface area contributed by atoms with Crippen LogP contribution in [0.15, 0.2) is 48.5 Å². The van der Waals surface area contributed by atoms with Gasteiger partial charge in [-0.1, -0.05) is 62.4 Å². The average Bonchev–Trinajstić information content (AvgIpc) is 2.40. The van der Waals surface area contributed by atoms with Crippen LogP contribution in [0.2, 0.25) is 0 Å². The van der Waals surface area contributed by atoms with Crippen LogP contribution in [0.3, 0.4) is 0 Å². The van der Waals surface area contributed by atoms with Gasteiger partial charge in [0.15, 0.2) is 0 Å². The summed E-state index contributed by atoms with van der Waals surface area (Å²) in [4.78, 5) is 0. The first-order valence-corrected chi connectivity index (χ1v) is 6.65. The van der Waals surface area contributed by atoms with E-state index >= 15 is 0 Å². The van der Waals surface area contributed by atoms with Crippen molar-refractivity contribution in [1.82, 2.24) is 0 Å². The lowest BCUT2D eigenvalue weighted by Gasteiger charge is -1.93. The van der Waals surface area contributed by atoms with Crippen LogP contribution in [0.4, 0.5) is 0 Å². The number of hydrogen-bond donors (Lipinski definition) is 0. The lowest BCUT2D eigenvalue weighted by Crippen LogP contribution is -1.74. The van der Waals surface area contributed by atoms with Gasteiger partial charge in [-0.25, -0.2) is 0 Å². The van der Waals surface area contributed by atoms with Crippen molar-refractivity contribution < 1.29 is 0 Å². The Bertz CT molecular complexity index is 356. The molecule has 0 aliphatic carbocycles. The summed E-state index contributed by atoms with van der Waals surface area (Å²) in [5, 5.41) is 0. The van der Waals surface area contributed by atoms with Crippen molar-refractivity contribution in [2.24, 2.45) is 0 Å². The Morgan fingerprint density at radius 1 is 0.444 bits per heavy atom. The molecule has 0 saturated carbocycles. The Labute approximate surface area is 113 Å². The van der Waals surface area contributed by atoms with Crippen LogP contribution in [0, 0.1) is 27.7 Å². The molecule has 0 radical (unpaired) electrons. The summed E-state index contributed by atoms with van der Waals surface area (Å²) >= 11 is 0. The molecule has 0 fully saturated rings. The number of hydrogen-bond acceptors (Lipinski definition) is 0. The largest absolute Gasteiger partial charge is 0.0683 e. The summed E-state index contributed by atoms with van der Waals surface area (Å²) < 4.78 is 0. The zero-order chi connectivity index (χ0) is 14.0. The van der Waals surface area contributed by atoms with Crippen LogP contribution in [0.25, 0.3) is 0 Å². The van der Waals surface area contributed by atoms with E-state index in [0.717, 1.165) is 0 Å². The Morgan fingerprint density at radius 3 is 0.722 bits per heavy atom. The Balaban J connectivity index is 0.000000283. The summed E-state index contributed by atoms with van der Waals surface area (Å²) in [5.41, 5.74) is 5.47. The Kier molecular flexibility index (Phi) is 8.65. The highest BCUT2D eigenvalue weighted by atomic mass is 13.9. The third kappa shape index (κ3) is 6.24. The zero-order valence-electron chi connectivity index (χ0n) is 12.6. The molecule has 0 atom stereocenters. The molecule has 0 saturated heterocycles. The van der Waals surface area contributed by atoms with E-state index in [1.807, 2.05) is 13.8 Å². The van der Waals surface area contributed by atoms with Gasteiger partial charge in [0.1, 0.15) is 0 Å². The minimum atomic E-state index is 1.37. The molecule has 2 rings (SSSR count). The number of aryl methyl sites for hydroxylation is 4. The van der Waals surface area contributed by atoms with Crippen molar-refractivity contribution in [2.75, 3.05) is 0 Å². The number of benzene rings is 2. The first kappa shape index (κ1) is 16.4. The molecule has 0 nitrogen and oxygen atoms in total. The molecule has 0 aromatic heterocycles. The van der Waals surface area contributed by atoms with Crippen LogP contribution in [0.5, 0.6) is 0 Å². The topological polar surface area (TPSA) is 0 Å². The molecule has 0 heteroatoms. The molecule has 0 spiro atoms. The molecular formula is C18H26. The van der Waals surface area contributed by atoms with Crippen molar-refractivity contribution in [2.45, 2.75) is 41.5 Å². The first-order valence-electron chi connectivity index (χ1n) is 6.65. The van der Waals surface area contributed by atoms with Crippen molar-refractivity contribution in [1.29, 1.82) is 0 Å². The van der Waals surface area contributed by atoms with E-state index in [1.54, 1.807) is 0 Å². The summed E-state index contributed by atoms with van der Waals surface area (Å²) in [7, 11) is 0. The summed E-state index contributed by atoms with van der Waals surface area (Å²) in [6, 6.07) is 16.7. The van der Waals surface area contributed by atoms with Crippen LogP contribution in [-0.4, -0.2) is 0 Å². The van der Waals surface area contributed by atoms with E-state index in [1.165, 1.54) is 22.3 Å². The van der Waals surface area contributed by atoms with Gasteiger partial charge in [-0.05, 0) is 49.9 Å². The molecular weight excluding hydrogens is 216 g/mol. The summed E-state index contributed by atoms with van der Waals surface area (Å²) in [6.07, 6.45) is 0.